The summed E-state index contributed by atoms with van der Waals surface area (Å²) in [5.41, 5.74) is 7.95. The Morgan fingerprint density at radius 1 is 1.26 bits per heavy atom. The summed E-state index contributed by atoms with van der Waals surface area (Å²) in [6.07, 6.45) is 4.57. The third-order valence-electron chi connectivity index (χ3n) is 4.30. The molecule has 0 aliphatic rings. The number of nitrogens with two attached hydrogens (primary N) is 1. The van der Waals surface area contributed by atoms with Crippen LogP contribution in [-0.2, 0) is 20.6 Å². The van der Waals surface area contributed by atoms with Gasteiger partial charge in [-0.05, 0) is 37.3 Å². The minimum Gasteiger partial charge on any atom is -0.481 e. The van der Waals surface area contributed by atoms with E-state index in [1.165, 1.54) is 5.56 Å². The summed E-state index contributed by atoms with van der Waals surface area (Å²) in [4.78, 5) is 32.3. The summed E-state index contributed by atoms with van der Waals surface area (Å²) < 4.78 is 12.5. The lowest BCUT2D eigenvalue weighted by Crippen LogP contribution is -2.22. The van der Waals surface area contributed by atoms with Gasteiger partial charge in [-0.25, -0.2) is 0 Å². The van der Waals surface area contributed by atoms with Gasteiger partial charge in [-0.2, -0.15) is 0 Å². The monoisotopic (exact) mass is 395 g/mol. The van der Waals surface area contributed by atoms with Gasteiger partial charge >= 0.3 is 5.97 Å². The van der Waals surface area contributed by atoms with E-state index < -0.39 is 25.2 Å². The minimum atomic E-state index is -3.68. The molecule has 2 unspecified atom stereocenters. The van der Waals surface area contributed by atoms with Gasteiger partial charge in [0.05, 0.1) is 5.92 Å². The van der Waals surface area contributed by atoms with Crippen LogP contribution in [0, 0.1) is 5.92 Å². The number of amides is 1. The van der Waals surface area contributed by atoms with Crippen LogP contribution >= 0.6 is 7.37 Å². The van der Waals surface area contributed by atoms with E-state index in [-0.39, 0.29) is 25.2 Å². The van der Waals surface area contributed by atoms with E-state index in [0.717, 1.165) is 24.8 Å². The van der Waals surface area contributed by atoms with Crippen molar-refractivity contribution in [3.05, 3.63) is 41.0 Å². The molecule has 1 aromatic rings. The maximum absolute atomic E-state index is 12.5. The van der Waals surface area contributed by atoms with Crippen molar-refractivity contribution in [3.63, 3.8) is 0 Å². The van der Waals surface area contributed by atoms with Crippen LogP contribution in [0.4, 0.5) is 0 Å². The fourth-order valence-corrected chi connectivity index (χ4v) is 4.93. The second kappa shape index (κ2) is 11.1. The zero-order valence-corrected chi connectivity index (χ0v) is 17.0. The number of benzene rings is 1. The van der Waals surface area contributed by atoms with E-state index in [4.69, 9.17) is 5.73 Å². The molecule has 0 bridgehead atoms. The number of primary amides is 1. The summed E-state index contributed by atoms with van der Waals surface area (Å²) in [5.74, 6) is -2.86. The summed E-state index contributed by atoms with van der Waals surface area (Å²) in [6, 6.07) is 8.06. The van der Waals surface area contributed by atoms with E-state index in [0.29, 0.717) is 5.57 Å². The number of aliphatic carboxylic acids is 1. The predicted molar refractivity (Wildman–Crippen MR) is 108 cm³/mol. The molecular weight excluding hydrogens is 365 g/mol. The van der Waals surface area contributed by atoms with Gasteiger partial charge in [0, 0.05) is 18.7 Å². The van der Waals surface area contributed by atoms with Gasteiger partial charge in [0.2, 0.25) is 13.3 Å². The van der Waals surface area contributed by atoms with Crippen LogP contribution in [0.1, 0.15) is 50.7 Å². The van der Waals surface area contributed by atoms with Gasteiger partial charge in [0.15, 0.2) is 0 Å². The predicted octanol–water partition coefficient (Wildman–Crippen LogP) is 3.67. The second-order valence-electron chi connectivity index (χ2n) is 7.06. The van der Waals surface area contributed by atoms with E-state index in [1.807, 2.05) is 18.2 Å². The lowest BCUT2D eigenvalue weighted by Gasteiger charge is -2.17. The van der Waals surface area contributed by atoms with Crippen molar-refractivity contribution >= 4 is 25.3 Å². The van der Waals surface area contributed by atoms with Crippen molar-refractivity contribution in [1.82, 2.24) is 0 Å². The Bertz CT molecular complexity index is 712. The first-order valence-electron chi connectivity index (χ1n) is 9.21. The van der Waals surface area contributed by atoms with Crippen molar-refractivity contribution in [2.45, 2.75) is 46.0 Å². The van der Waals surface area contributed by atoms with E-state index in [2.05, 4.69) is 19.1 Å². The Balaban J connectivity index is 2.72. The molecule has 0 fully saturated rings. The standard InChI is InChI=1S/C20H30NO5P/c1-3-4-5-16-6-8-17(9-7-16)12-15(2)13-27(25,26)14-18(20(23)24)10-11-19(21)22/h6-9,12,18H,3-5,10-11,13-14H2,1-2H3,(H2,21,22)(H,23,24)(H,25,26)/b15-12+. The molecule has 1 aromatic carbocycles. The molecule has 27 heavy (non-hydrogen) atoms. The maximum Gasteiger partial charge on any atom is 0.307 e. The molecule has 150 valence electrons. The van der Waals surface area contributed by atoms with E-state index in [1.54, 1.807) is 6.92 Å². The van der Waals surface area contributed by atoms with Gasteiger partial charge in [0.1, 0.15) is 0 Å². The number of allylic oxidation sites excluding steroid dienone is 1. The maximum atomic E-state index is 12.5. The normalized spacial score (nSPS) is 15.1. The van der Waals surface area contributed by atoms with Gasteiger partial charge < -0.3 is 15.7 Å². The van der Waals surface area contributed by atoms with Gasteiger partial charge in [-0.1, -0.05) is 49.3 Å². The first kappa shape index (κ1) is 23.1. The van der Waals surface area contributed by atoms with Crippen LogP contribution in [0.5, 0.6) is 0 Å². The number of carboxylic acids is 1. The summed E-state index contributed by atoms with van der Waals surface area (Å²) in [6.45, 7) is 3.91. The van der Waals surface area contributed by atoms with E-state index >= 15 is 0 Å². The van der Waals surface area contributed by atoms with Crippen LogP contribution < -0.4 is 5.73 Å². The lowest BCUT2D eigenvalue weighted by atomic mass is 10.1. The summed E-state index contributed by atoms with van der Waals surface area (Å²) >= 11 is 0. The zero-order valence-electron chi connectivity index (χ0n) is 16.1. The molecule has 1 amide bonds. The molecule has 1 rings (SSSR count). The van der Waals surface area contributed by atoms with Crippen molar-refractivity contribution in [2.24, 2.45) is 11.7 Å². The highest BCUT2D eigenvalue weighted by Gasteiger charge is 2.29. The third-order valence-corrected chi connectivity index (χ3v) is 6.31. The zero-order chi connectivity index (χ0) is 20.4. The average molecular weight is 395 g/mol. The number of carboxylic acid groups (broad SMARTS) is 1. The molecule has 0 aliphatic heterocycles. The summed E-state index contributed by atoms with van der Waals surface area (Å²) in [5, 5.41) is 9.21. The van der Waals surface area contributed by atoms with Crippen molar-refractivity contribution in [1.29, 1.82) is 0 Å². The van der Waals surface area contributed by atoms with Crippen LogP contribution in [0.2, 0.25) is 0 Å². The quantitative estimate of drug-likeness (QED) is 0.467. The highest BCUT2D eigenvalue weighted by atomic mass is 31.2. The highest BCUT2D eigenvalue weighted by molar-refractivity contribution is 7.58. The molecular formula is C20H30NO5P. The van der Waals surface area contributed by atoms with Gasteiger partial charge in [-0.3, -0.25) is 14.2 Å². The number of carbonyl (C=O) groups excluding carboxylic acids is 1. The molecule has 0 aromatic heterocycles. The lowest BCUT2D eigenvalue weighted by molar-refractivity contribution is -0.141. The smallest absolute Gasteiger partial charge is 0.307 e. The Labute approximate surface area is 160 Å². The van der Waals surface area contributed by atoms with E-state index in [9.17, 15) is 24.2 Å². The first-order chi connectivity index (χ1) is 12.6. The molecule has 4 N–H and O–H groups in total. The Morgan fingerprint density at radius 2 is 1.89 bits per heavy atom. The molecule has 0 radical (unpaired) electrons. The molecule has 0 saturated heterocycles. The Hall–Kier alpha value is -1.91. The molecule has 0 saturated carbocycles. The first-order valence-corrected chi connectivity index (χ1v) is 11.2. The summed E-state index contributed by atoms with van der Waals surface area (Å²) in [7, 11) is -3.68. The van der Waals surface area contributed by atoms with Gasteiger partial charge in [0.25, 0.3) is 0 Å². The minimum absolute atomic E-state index is 0.0306. The fraction of sp³-hybridized carbons (Fsp3) is 0.500. The van der Waals surface area contributed by atoms with Crippen molar-refractivity contribution < 1.29 is 24.2 Å². The topological polar surface area (TPSA) is 118 Å². The highest BCUT2D eigenvalue weighted by Crippen LogP contribution is 2.45. The Kier molecular flexibility index (Phi) is 9.47. The van der Waals surface area contributed by atoms with Crippen LogP contribution in [0.25, 0.3) is 6.08 Å². The fourth-order valence-electron chi connectivity index (χ4n) is 2.90. The second-order valence-corrected chi connectivity index (χ2v) is 9.44. The molecule has 0 heterocycles. The number of carbonyl (C=O) groups is 2. The number of hydrogen-bond donors (Lipinski definition) is 3. The number of aryl methyl sites for hydroxylation is 1. The van der Waals surface area contributed by atoms with Crippen LogP contribution in [0.15, 0.2) is 29.8 Å². The van der Waals surface area contributed by atoms with Crippen LogP contribution in [-0.4, -0.2) is 34.2 Å². The average Bonchev–Trinajstić information content (AvgIpc) is 2.57. The molecule has 7 heteroatoms. The van der Waals surface area contributed by atoms with Crippen molar-refractivity contribution in [3.8, 4) is 0 Å². The van der Waals surface area contributed by atoms with Crippen LogP contribution in [0.3, 0.4) is 0 Å². The third kappa shape index (κ3) is 9.55. The molecule has 0 spiro atoms. The number of hydrogen-bond acceptors (Lipinski definition) is 3. The Morgan fingerprint density at radius 3 is 2.41 bits per heavy atom. The van der Waals surface area contributed by atoms with Gasteiger partial charge in [-0.15, -0.1) is 0 Å². The van der Waals surface area contributed by atoms with Crippen molar-refractivity contribution in [2.75, 3.05) is 12.3 Å². The molecule has 2 atom stereocenters. The molecule has 6 nitrogen and oxygen atoms in total. The molecule has 0 aliphatic carbocycles. The SMILES string of the molecule is CCCCc1ccc(/C=C(\C)CP(=O)(O)CC(CCC(N)=O)C(=O)O)cc1. The largest absolute Gasteiger partial charge is 0.481 e. The number of rotatable bonds is 12. The number of unbranched alkanes of at least 4 members (excludes halogenated alkanes) is 1.